The van der Waals surface area contributed by atoms with Crippen LogP contribution in [0.2, 0.25) is 0 Å². The topological polar surface area (TPSA) is 50.8 Å². The summed E-state index contributed by atoms with van der Waals surface area (Å²) in [4.78, 5) is 14.2. The Morgan fingerprint density at radius 3 is 2.59 bits per heavy atom. The molecule has 2 aliphatic rings. The molecule has 0 aromatic carbocycles. The highest BCUT2D eigenvalue weighted by Gasteiger charge is 2.34. The molecule has 0 spiro atoms. The highest BCUT2D eigenvalue weighted by molar-refractivity contribution is 5.79. The molecule has 5 heteroatoms. The minimum Gasteiger partial charge on any atom is -0.379 e. The zero-order valence-corrected chi connectivity index (χ0v) is 10.6. The number of rotatable bonds is 3. The van der Waals surface area contributed by atoms with E-state index in [9.17, 15) is 4.79 Å². The van der Waals surface area contributed by atoms with Crippen LogP contribution in [0.5, 0.6) is 0 Å². The third-order valence-corrected chi connectivity index (χ3v) is 3.83. The Labute approximate surface area is 102 Å². The molecule has 0 radical (unpaired) electrons. The smallest absolute Gasteiger partial charge is 0.227 e. The van der Waals surface area contributed by atoms with E-state index in [4.69, 9.17) is 9.47 Å². The van der Waals surface area contributed by atoms with Crippen LogP contribution in [0.1, 0.15) is 12.8 Å². The van der Waals surface area contributed by atoms with Crippen molar-refractivity contribution >= 4 is 5.91 Å². The zero-order valence-electron chi connectivity index (χ0n) is 10.6. The highest BCUT2D eigenvalue weighted by atomic mass is 16.5. The summed E-state index contributed by atoms with van der Waals surface area (Å²) in [5, 5.41) is 3.23. The minimum atomic E-state index is 0.00654. The maximum Gasteiger partial charge on any atom is 0.227 e. The van der Waals surface area contributed by atoms with Crippen molar-refractivity contribution in [2.75, 3.05) is 40.4 Å². The van der Waals surface area contributed by atoms with Crippen molar-refractivity contribution in [3.63, 3.8) is 0 Å². The number of nitrogens with one attached hydrogen (secondary N) is 1. The van der Waals surface area contributed by atoms with E-state index < -0.39 is 0 Å². The molecule has 17 heavy (non-hydrogen) atoms. The third kappa shape index (κ3) is 2.78. The quantitative estimate of drug-likeness (QED) is 0.748. The molecular weight excluding hydrogens is 220 g/mol. The number of hydrogen-bond acceptors (Lipinski definition) is 4. The van der Waals surface area contributed by atoms with Crippen molar-refractivity contribution in [3.8, 4) is 0 Å². The zero-order chi connectivity index (χ0) is 12.3. The summed E-state index contributed by atoms with van der Waals surface area (Å²) in [5.74, 6) is 0.429. The number of nitrogens with zero attached hydrogens (tertiary/aromatic N) is 1. The van der Waals surface area contributed by atoms with Gasteiger partial charge >= 0.3 is 0 Å². The fraction of sp³-hybridized carbons (Fsp3) is 0.917. The largest absolute Gasteiger partial charge is 0.379 e. The van der Waals surface area contributed by atoms with Crippen molar-refractivity contribution < 1.29 is 14.3 Å². The van der Waals surface area contributed by atoms with Crippen molar-refractivity contribution in [1.29, 1.82) is 0 Å². The van der Waals surface area contributed by atoms with E-state index in [2.05, 4.69) is 5.32 Å². The molecule has 5 nitrogen and oxygen atoms in total. The van der Waals surface area contributed by atoms with Crippen LogP contribution in [0.25, 0.3) is 0 Å². The second kappa shape index (κ2) is 5.80. The van der Waals surface area contributed by atoms with Crippen LogP contribution in [-0.4, -0.2) is 63.4 Å². The Bertz CT molecular complexity index is 266. The van der Waals surface area contributed by atoms with E-state index in [1.165, 1.54) is 0 Å². The number of ether oxygens (including phenoxy) is 2. The molecule has 2 heterocycles. The molecular formula is C12H22N2O3. The van der Waals surface area contributed by atoms with Crippen molar-refractivity contribution in [2.45, 2.75) is 25.0 Å². The molecule has 2 rings (SSSR count). The van der Waals surface area contributed by atoms with Gasteiger partial charge in [-0.3, -0.25) is 4.79 Å². The molecule has 0 aromatic heterocycles. The number of carbonyl (C=O) groups is 1. The van der Waals surface area contributed by atoms with Crippen molar-refractivity contribution in [3.05, 3.63) is 0 Å². The van der Waals surface area contributed by atoms with Crippen LogP contribution in [0.4, 0.5) is 0 Å². The maximum atomic E-state index is 12.2. The summed E-state index contributed by atoms with van der Waals surface area (Å²) < 4.78 is 10.8. The molecule has 3 atom stereocenters. The molecule has 1 N–H and O–H groups in total. The van der Waals surface area contributed by atoms with Gasteiger partial charge < -0.3 is 19.7 Å². The summed E-state index contributed by atoms with van der Waals surface area (Å²) in [6.07, 6.45) is 1.94. The predicted octanol–water partition coefficient (Wildman–Crippen LogP) is -0.142. The first-order valence-corrected chi connectivity index (χ1v) is 6.31. The van der Waals surface area contributed by atoms with E-state index >= 15 is 0 Å². The average molecular weight is 242 g/mol. The average Bonchev–Trinajstić information content (AvgIpc) is 2.90. The molecule has 2 aliphatic heterocycles. The van der Waals surface area contributed by atoms with Gasteiger partial charge in [0.15, 0.2) is 0 Å². The molecule has 2 saturated heterocycles. The maximum absolute atomic E-state index is 12.2. The molecule has 2 fully saturated rings. The molecule has 0 aliphatic carbocycles. The van der Waals surface area contributed by atoms with Gasteiger partial charge in [-0.1, -0.05) is 0 Å². The van der Waals surface area contributed by atoms with E-state index in [1.54, 1.807) is 14.2 Å². The van der Waals surface area contributed by atoms with E-state index in [0.717, 1.165) is 32.5 Å². The second-order valence-electron chi connectivity index (χ2n) is 4.81. The molecule has 0 aromatic rings. The normalized spacial score (nSPS) is 34.0. The van der Waals surface area contributed by atoms with Crippen LogP contribution >= 0.6 is 0 Å². The lowest BCUT2D eigenvalue weighted by Gasteiger charge is -2.37. The van der Waals surface area contributed by atoms with Gasteiger partial charge in [0.2, 0.25) is 5.91 Å². The number of carbonyl (C=O) groups excluding carboxylic acids is 1. The van der Waals surface area contributed by atoms with Gasteiger partial charge in [-0.15, -0.1) is 0 Å². The number of amides is 1. The lowest BCUT2D eigenvalue weighted by Crippen LogP contribution is -2.52. The Morgan fingerprint density at radius 2 is 2.00 bits per heavy atom. The van der Waals surface area contributed by atoms with Crippen molar-refractivity contribution in [1.82, 2.24) is 10.2 Å². The van der Waals surface area contributed by atoms with Gasteiger partial charge in [0.25, 0.3) is 0 Å². The van der Waals surface area contributed by atoms with Gasteiger partial charge in [-0.2, -0.15) is 0 Å². The summed E-state index contributed by atoms with van der Waals surface area (Å²) in [6.45, 7) is 3.22. The fourth-order valence-corrected chi connectivity index (χ4v) is 2.71. The number of likely N-dealkylation sites (tertiary alicyclic amines) is 1. The first kappa shape index (κ1) is 12.8. The molecule has 0 bridgehead atoms. The minimum absolute atomic E-state index is 0.00654. The predicted molar refractivity (Wildman–Crippen MR) is 63.8 cm³/mol. The Morgan fingerprint density at radius 1 is 1.24 bits per heavy atom. The van der Waals surface area contributed by atoms with Crippen LogP contribution in [0.15, 0.2) is 0 Å². The van der Waals surface area contributed by atoms with E-state index in [1.807, 2.05) is 4.90 Å². The summed E-state index contributed by atoms with van der Waals surface area (Å²) >= 11 is 0. The molecule has 98 valence electrons. The van der Waals surface area contributed by atoms with E-state index in [-0.39, 0.29) is 24.0 Å². The van der Waals surface area contributed by atoms with Crippen LogP contribution < -0.4 is 5.32 Å². The number of hydrogen-bond donors (Lipinski definition) is 1. The fourth-order valence-electron chi connectivity index (χ4n) is 2.71. The Kier molecular flexibility index (Phi) is 4.36. The van der Waals surface area contributed by atoms with Gasteiger partial charge in [-0.05, 0) is 19.4 Å². The second-order valence-corrected chi connectivity index (χ2v) is 4.81. The van der Waals surface area contributed by atoms with Gasteiger partial charge in [0.1, 0.15) is 6.10 Å². The first-order valence-electron chi connectivity index (χ1n) is 6.31. The Balaban J connectivity index is 1.91. The lowest BCUT2D eigenvalue weighted by molar-refractivity contribution is -0.144. The third-order valence-electron chi connectivity index (χ3n) is 3.83. The lowest BCUT2D eigenvalue weighted by atomic mass is 10.0. The number of piperidine rings is 1. The summed E-state index contributed by atoms with van der Waals surface area (Å²) in [6, 6.07) is 0. The van der Waals surface area contributed by atoms with Gasteiger partial charge in [0, 0.05) is 33.9 Å². The Hall–Kier alpha value is -0.650. The number of methoxy groups -OCH3 is 2. The van der Waals surface area contributed by atoms with Crippen LogP contribution in [-0.2, 0) is 14.3 Å². The van der Waals surface area contributed by atoms with Crippen LogP contribution in [0, 0.1) is 5.92 Å². The summed E-state index contributed by atoms with van der Waals surface area (Å²) in [7, 11) is 3.39. The van der Waals surface area contributed by atoms with E-state index in [0.29, 0.717) is 6.54 Å². The summed E-state index contributed by atoms with van der Waals surface area (Å²) in [5.41, 5.74) is 0. The monoisotopic (exact) mass is 242 g/mol. The van der Waals surface area contributed by atoms with Crippen molar-refractivity contribution in [2.24, 2.45) is 5.92 Å². The SMILES string of the molecule is COC1CCN(C(=O)C2CCNC2)CC1OC. The first-order chi connectivity index (χ1) is 8.26. The standard InChI is InChI=1S/C12H22N2O3/c1-16-10-4-6-14(8-11(10)17-2)12(15)9-3-5-13-7-9/h9-11,13H,3-8H2,1-2H3. The van der Waals surface area contributed by atoms with Gasteiger partial charge in [0.05, 0.1) is 12.0 Å². The highest BCUT2D eigenvalue weighted by Crippen LogP contribution is 2.20. The van der Waals surface area contributed by atoms with Gasteiger partial charge in [-0.25, -0.2) is 0 Å². The molecule has 1 amide bonds. The molecule has 0 saturated carbocycles. The van der Waals surface area contributed by atoms with Crippen LogP contribution in [0.3, 0.4) is 0 Å². The molecule has 3 unspecified atom stereocenters.